The van der Waals surface area contributed by atoms with Crippen LogP contribution in [0.25, 0.3) is 0 Å². The number of amides is 2. The molecule has 1 unspecified atom stereocenters. The van der Waals surface area contributed by atoms with Gasteiger partial charge in [0.05, 0.1) is 9.89 Å². The van der Waals surface area contributed by atoms with Gasteiger partial charge in [-0.2, -0.15) is 0 Å². The number of carbonyl (C=O) groups is 1. The molecule has 0 spiro atoms. The summed E-state index contributed by atoms with van der Waals surface area (Å²) in [6.45, 7) is 2.05. The first-order valence-electron chi connectivity index (χ1n) is 5.98. The molecule has 2 heterocycles. The summed E-state index contributed by atoms with van der Waals surface area (Å²) in [4.78, 5) is 13.5. The molecule has 1 fully saturated rings. The topological polar surface area (TPSA) is 41.6 Å². The Morgan fingerprint density at radius 2 is 2.56 bits per heavy atom. The summed E-state index contributed by atoms with van der Waals surface area (Å²) in [7, 11) is 1.80. The first-order chi connectivity index (χ1) is 8.65. The molecule has 18 heavy (non-hydrogen) atoms. The van der Waals surface area contributed by atoms with Crippen LogP contribution in [0, 0.1) is 0 Å². The number of halogens is 1. The maximum absolute atomic E-state index is 11.9. The molecule has 100 valence electrons. The molecule has 2 rings (SSSR count). The molecule has 0 aromatic carbocycles. The van der Waals surface area contributed by atoms with Crippen molar-refractivity contribution in [2.75, 3.05) is 20.2 Å². The molecular weight excluding hydrogens is 316 g/mol. The van der Waals surface area contributed by atoms with Crippen LogP contribution in [0.2, 0.25) is 0 Å². The van der Waals surface area contributed by atoms with Gasteiger partial charge in [0.25, 0.3) is 0 Å². The molecule has 6 heteroatoms. The van der Waals surface area contributed by atoms with Crippen molar-refractivity contribution in [2.24, 2.45) is 0 Å². The summed E-state index contributed by atoms with van der Waals surface area (Å²) in [6, 6.07) is 1.99. The number of urea groups is 1. The van der Waals surface area contributed by atoms with Crippen LogP contribution >= 0.6 is 27.3 Å². The Balaban J connectivity index is 1.74. The molecule has 0 bridgehead atoms. The van der Waals surface area contributed by atoms with Crippen molar-refractivity contribution in [3.8, 4) is 0 Å². The minimum absolute atomic E-state index is 0.0483. The molecule has 1 saturated heterocycles. The van der Waals surface area contributed by atoms with Crippen LogP contribution in [0.3, 0.4) is 0 Å². The van der Waals surface area contributed by atoms with Gasteiger partial charge in [0, 0.05) is 26.7 Å². The minimum atomic E-state index is -0.0483. The van der Waals surface area contributed by atoms with Gasteiger partial charge >= 0.3 is 6.03 Å². The molecule has 0 aliphatic carbocycles. The van der Waals surface area contributed by atoms with Gasteiger partial charge in [0.15, 0.2) is 0 Å². The maximum Gasteiger partial charge on any atom is 0.317 e. The van der Waals surface area contributed by atoms with Crippen molar-refractivity contribution in [1.29, 1.82) is 0 Å². The van der Waals surface area contributed by atoms with Gasteiger partial charge in [-0.15, -0.1) is 11.3 Å². The second-order valence-corrected chi connectivity index (χ2v) is 6.73. The fourth-order valence-corrected chi connectivity index (χ4v) is 3.12. The van der Waals surface area contributed by atoms with Gasteiger partial charge in [0.2, 0.25) is 0 Å². The molecule has 0 radical (unpaired) electrons. The second kappa shape index (κ2) is 6.54. The van der Waals surface area contributed by atoms with E-state index >= 15 is 0 Å². The lowest BCUT2D eigenvalue weighted by atomic mass is 10.2. The van der Waals surface area contributed by atoms with Crippen LogP contribution in [-0.2, 0) is 11.3 Å². The smallest absolute Gasteiger partial charge is 0.317 e. The lowest BCUT2D eigenvalue weighted by Crippen LogP contribution is -2.40. The average molecular weight is 333 g/mol. The summed E-state index contributed by atoms with van der Waals surface area (Å²) >= 11 is 5.05. The van der Waals surface area contributed by atoms with E-state index in [-0.39, 0.29) is 12.1 Å². The van der Waals surface area contributed by atoms with Crippen LogP contribution in [-0.4, -0.2) is 37.2 Å². The van der Waals surface area contributed by atoms with Gasteiger partial charge in [0.1, 0.15) is 0 Å². The number of rotatable bonds is 4. The quantitative estimate of drug-likeness (QED) is 0.921. The molecule has 1 atom stereocenters. The predicted octanol–water partition coefficient (Wildman–Crippen LogP) is 2.83. The number of ether oxygens (including phenoxy) is 1. The lowest BCUT2D eigenvalue weighted by Gasteiger charge is -2.18. The lowest BCUT2D eigenvalue weighted by molar-refractivity contribution is 0.109. The summed E-state index contributed by atoms with van der Waals surface area (Å²) in [5.74, 6) is 0. The van der Waals surface area contributed by atoms with Crippen molar-refractivity contribution in [1.82, 2.24) is 10.2 Å². The first kappa shape index (κ1) is 13.8. The molecule has 1 aliphatic heterocycles. The van der Waals surface area contributed by atoms with Crippen LogP contribution in [0.1, 0.15) is 18.4 Å². The normalized spacial score (nSPS) is 18.9. The highest BCUT2D eigenvalue weighted by molar-refractivity contribution is 9.11. The molecule has 1 N–H and O–H groups in total. The SMILES string of the molecule is CN(Cc1csc(Br)c1)C(=O)NCC1CCCO1. The van der Waals surface area contributed by atoms with E-state index in [1.54, 1.807) is 23.3 Å². The van der Waals surface area contributed by atoms with E-state index in [9.17, 15) is 4.79 Å². The zero-order valence-corrected chi connectivity index (χ0v) is 12.7. The average Bonchev–Trinajstić information content (AvgIpc) is 2.97. The van der Waals surface area contributed by atoms with Gasteiger partial charge in [-0.05, 0) is 45.8 Å². The van der Waals surface area contributed by atoms with E-state index in [1.807, 2.05) is 11.4 Å². The van der Waals surface area contributed by atoms with E-state index in [2.05, 4.69) is 21.2 Å². The molecule has 1 aliphatic rings. The summed E-state index contributed by atoms with van der Waals surface area (Å²) in [5, 5.41) is 4.95. The third-order valence-corrected chi connectivity index (χ3v) is 4.45. The Morgan fingerprint density at radius 3 is 3.17 bits per heavy atom. The van der Waals surface area contributed by atoms with Crippen LogP contribution in [0.15, 0.2) is 15.2 Å². The highest BCUT2D eigenvalue weighted by atomic mass is 79.9. The van der Waals surface area contributed by atoms with E-state index in [4.69, 9.17) is 4.74 Å². The van der Waals surface area contributed by atoms with Gasteiger partial charge < -0.3 is 15.0 Å². The summed E-state index contributed by atoms with van der Waals surface area (Å²) in [5.41, 5.74) is 1.14. The third-order valence-electron chi connectivity index (χ3n) is 2.89. The first-order valence-corrected chi connectivity index (χ1v) is 7.66. The third kappa shape index (κ3) is 3.96. The van der Waals surface area contributed by atoms with Crippen molar-refractivity contribution < 1.29 is 9.53 Å². The Hall–Kier alpha value is -0.590. The number of hydrogen-bond donors (Lipinski definition) is 1. The number of nitrogens with one attached hydrogen (secondary N) is 1. The zero-order valence-electron chi connectivity index (χ0n) is 10.3. The van der Waals surface area contributed by atoms with E-state index in [0.717, 1.165) is 28.8 Å². The van der Waals surface area contributed by atoms with Gasteiger partial charge in [-0.3, -0.25) is 0 Å². The van der Waals surface area contributed by atoms with E-state index in [1.165, 1.54) is 0 Å². The second-order valence-electron chi connectivity index (χ2n) is 4.44. The molecule has 4 nitrogen and oxygen atoms in total. The summed E-state index contributed by atoms with van der Waals surface area (Å²) < 4.78 is 6.56. The van der Waals surface area contributed by atoms with Crippen LogP contribution < -0.4 is 5.32 Å². The maximum atomic E-state index is 11.9. The van der Waals surface area contributed by atoms with E-state index in [0.29, 0.717) is 13.1 Å². The monoisotopic (exact) mass is 332 g/mol. The standard InChI is InChI=1S/C12H17BrN2O2S/c1-15(7-9-5-11(13)18-8-9)12(16)14-6-10-3-2-4-17-10/h5,8,10H,2-4,6-7H2,1H3,(H,14,16). The Morgan fingerprint density at radius 1 is 1.72 bits per heavy atom. The fraction of sp³-hybridized carbons (Fsp3) is 0.583. The highest BCUT2D eigenvalue weighted by Crippen LogP contribution is 2.21. The van der Waals surface area contributed by atoms with Crippen molar-refractivity contribution in [2.45, 2.75) is 25.5 Å². The Bertz CT molecular complexity index is 405. The molecule has 0 saturated carbocycles. The Kier molecular flexibility index (Phi) is 5.03. The number of thiophene rings is 1. The van der Waals surface area contributed by atoms with Gasteiger partial charge in [-0.1, -0.05) is 0 Å². The number of carbonyl (C=O) groups excluding carboxylic acids is 1. The zero-order chi connectivity index (χ0) is 13.0. The Labute approximate surface area is 119 Å². The van der Waals surface area contributed by atoms with Crippen molar-refractivity contribution in [3.63, 3.8) is 0 Å². The highest BCUT2D eigenvalue weighted by Gasteiger charge is 2.17. The largest absolute Gasteiger partial charge is 0.376 e. The molecule has 1 aromatic rings. The fourth-order valence-electron chi connectivity index (χ4n) is 1.92. The van der Waals surface area contributed by atoms with Crippen LogP contribution in [0.4, 0.5) is 4.79 Å². The molecule has 1 aromatic heterocycles. The number of nitrogens with zero attached hydrogens (tertiary/aromatic N) is 1. The number of hydrogen-bond acceptors (Lipinski definition) is 3. The molecule has 2 amide bonds. The van der Waals surface area contributed by atoms with Crippen molar-refractivity contribution in [3.05, 3.63) is 20.8 Å². The minimum Gasteiger partial charge on any atom is -0.376 e. The van der Waals surface area contributed by atoms with Gasteiger partial charge in [-0.25, -0.2) is 4.79 Å². The van der Waals surface area contributed by atoms with Crippen LogP contribution in [0.5, 0.6) is 0 Å². The predicted molar refractivity (Wildman–Crippen MR) is 75.9 cm³/mol. The summed E-state index contributed by atoms with van der Waals surface area (Å²) in [6.07, 6.45) is 2.33. The van der Waals surface area contributed by atoms with E-state index < -0.39 is 0 Å². The van der Waals surface area contributed by atoms with Crippen molar-refractivity contribution >= 4 is 33.3 Å². The molecular formula is C12H17BrN2O2S.